The number of nitrogens with zero attached hydrogens (tertiary/aromatic N) is 2. The Morgan fingerprint density at radius 1 is 1.41 bits per heavy atom. The van der Waals surface area contributed by atoms with Gasteiger partial charge in [0.05, 0.1) is 29.2 Å². The maximum Gasteiger partial charge on any atom is 0.416 e. The van der Waals surface area contributed by atoms with E-state index in [2.05, 4.69) is 15.3 Å². The molecule has 1 aromatic carbocycles. The van der Waals surface area contributed by atoms with Crippen molar-refractivity contribution < 1.29 is 17.9 Å². The molecule has 0 bridgehead atoms. The van der Waals surface area contributed by atoms with Crippen molar-refractivity contribution in [2.45, 2.75) is 12.2 Å². The molecule has 0 amide bonds. The molecule has 2 N–H and O–H groups in total. The van der Waals surface area contributed by atoms with E-state index in [1.165, 1.54) is 6.07 Å². The number of H-pyrrole nitrogens is 1. The van der Waals surface area contributed by atoms with Crippen molar-refractivity contribution in [3.63, 3.8) is 0 Å². The van der Waals surface area contributed by atoms with Crippen LogP contribution in [0.25, 0.3) is 11.0 Å². The molecule has 5 nitrogen and oxygen atoms in total. The molecule has 0 spiro atoms. The first-order valence-corrected chi connectivity index (χ1v) is 7.02. The number of aromatic nitrogens is 2. The highest BCUT2D eigenvalue weighted by Gasteiger charge is 2.31. The van der Waals surface area contributed by atoms with Gasteiger partial charge in [-0.25, -0.2) is 4.98 Å². The topological polar surface area (TPSA) is 53.2 Å². The van der Waals surface area contributed by atoms with Gasteiger partial charge in [0.15, 0.2) is 0 Å². The maximum absolute atomic E-state index is 12.8. The van der Waals surface area contributed by atoms with E-state index in [1.807, 2.05) is 4.90 Å². The molecular weight excluding hydrogens is 297 g/mol. The Morgan fingerprint density at radius 2 is 2.23 bits per heavy atom. The third-order valence-electron chi connectivity index (χ3n) is 3.78. The standard InChI is InChI=1S/C14H17F3N4O/c1-22-8-10-7-18-4-5-21(10)13-19-11-3-2-9(14(15,16)17)6-12(11)20-13/h2-3,6,10,18H,4-5,7-8H2,1H3,(H,19,20). The van der Waals surface area contributed by atoms with Gasteiger partial charge in [-0.1, -0.05) is 0 Å². The van der Waals surface area contributed by atoms with E-state index in [0.29, 0.717) is 23.6 Å². The zero-order chi connectivity index (χ0) is 15.7. The summed E-state index contributed by atoms with van der Waals surface area (Å²) in [6.07, 6.45) is -4.35. The number of nitrogens with one attached hydrogen (secondary N) is 2. The van der Waals surface area contributed by atoms with Gasteiger partial charge in [0, 0.05) is 26.7 Å². The van der Waals surface area contributed by atoms with E-state index in [0.717, 1.165) is 31.8 Å². The van der Waals surface area contributed by atoms with Crippen molar-refractivity contribution in [2.75, 3.05) is 38.3 Å². The molecule has 1 aliphatic heterocycles. The lowest BCUT2D eigenvalue weighted by atomic mass is 10.2. The van der Waals surface area contributed by atoms with Crippen LogP contribution in [0.3, 0.4) is 0 Å². The number of hydrogen-bond acceptors (Lipinski definition) is 4. The first kappa shape index (κ1) is 15.1. The van der Waals surface area contributed by atoms with E-state index in [9.17, 15) is 13.2 Å². The van der Waals surface area contributed by atoms with Gasteiger partial charge >= 0.3 is 6.18 Å². The highest BCUT2D eigenvalue weighted by molar-refractivity contribution is 5.78. The number of halogens is 3. The van der Waals surface area contributed by atoms with Crippen LogP contribution in [0.15, 0.2) is 18.2 Å². The van der Waals surface area contributed by atoms with Crippen LogP contribution in [-0.4, -0.2) is 49.4 Å². The van der Waals surface area contributed by atoms with Gasteiger partial charge in [-0.15, -0.1) is 0 Å². The SMILES string of the molecule is COCC1CNCCN1c1nc2ccc(C(F)(F)F)cc2[nH]1. The normalized spacial score (nSPS) is 19.8. The van der Waals surface area contributed by atoms with Crippen molar-refractivity contribution in [1.29, 1.82) is 0 Å². The van der Waals surface area contributed by atoms with Crippen molar-refractivity contribution in [3.8, 4) is 0 Å². The van der Waals surface area contributed by atoms with Gasteiger partial charge in [-0.05, 0) is 18.2 Å². The number of imidazole rings is 1. The van der Waals surface area contributed by atoms with Crippen molar-refractivity contribution in [3.05, 3.63) is 23.8 Å². The summed E-state index contributed by atoms with van der Waals surface area (Å²) in [6, 6.07) is 3.64. The quantitative estimate of drug-likeness (QED) is 0.910. The molecule has 1 atom stereocenters. The monoisotopic (exact) mass is 314 g/mol. The predicted molar refractivity (Wildman–Crippen MR) is 77.0 cm³/mol. The summed E-state index contributed by atoms with van der Waals surface area (Å²) in [5.74, 6) is 0.581. The second-order valence-electron chi connectivity index (χ2n) is 5.30. The van der Waals surface area contributed by atoms with E-state index < -0.39 is 11.7 Å². The third kappa shape index (κ3) is 2.89. The molecule has 0 radical (unpaired) electrons. The minimum atomic E-state index is -4.35. The van der Waals surface area contributed by atoms with Crippen LogP contribution in [0.2, 0.25) is 0 Å². The zero-order valence-corrected chi connectivity index (χ0v) is 12.1. The Bertz CT molecular complexity index is 653. The second-order valence-corrected chi connectivity index (χ2v) is 5.30. The van der Waals surface area contributed by atoms with Crippen LogP contribution < -0.4 is 10.2 Å². The second kappa shape index (κ2) is 5.77. The Labute approximate surface area is 125 Å². The summed E-state index contributed by atoms with van der Waals surface area (Å²) in [5.41, 5.74) is 0.237. The molecule has 3 rings (SSSR count). The molecule has 2 heterocycles. The Balaban J connectivity index is 1.93. The zero-order valence-electron chi connectivity index (χ0n) is 12.1. The number of anilines is 1. The summed E-state index contributed by atoms with van der Waals surface area (Å²) < 4.78 is 43.5. The number of rotatable bonds is 3. The molecule has 8 heteroatoms. The fraction of sp³-hybridized carbons (Fsp3) is 0.500. The summed E-state index contributed by atoms with van der Waals surface area (Å²) >= 11 is 0. The molecule has 1 fully saturated rings. The molecular formula is C14H17F3N4O. The first-order chi connectivity index (χ1) is 10.5. The largest absolute Gasteiger partial charge is 0.416 e. The molecule has 1 saturated heterocycles. The van der Waals surface area contributed by atoms with Crippen LogP contribution in [0, 0.1) is 0 Å². The first-order valence-electron chi connectivity index (χ1n) is 7.02. The van der Waals surface area contributed by atoms with Gasteiger partial charge in [0.25, 0.3) is 0 Å². The van der Waals surface area contributed by atoms with Gasteiger partial charge in [0.2, 0.25) is 5.95 Å². The highest BCUT2D eigenvalue weighted by Crippen LogP contribution is 2.31. The summed E-state index contributed by atoms with van der Waals surface area (Å²) in [6.45, 7) is 2.79. The fourth-order valence-electron chi connectivity index (χ4n) is 2.69. The van der Waals surface area contributed by atoms with Crippen molar-refractivity contribution >= 4 is 17.0 Å². The van der Waals surface area contributed by atoms with Crippen LogP contribution in [0.1, 0.15) is 5.56 Å². The molecule has 0 saturated carbocycles. The lowest BCUT2D eigenvalue weighted by Gasteiger charge is -2.35. The van der Waals surface area contributed by atoms with E-state index >= 15 is 0 Å². The van der Waals surface area contributed by atoms with Crippen LogP contribution in [-0.2, 0) is 10.9 Å². The molecule has 0 aliphatic carbocycles. The van der Waals surface area contributed by atoms with Gasteiger partial charge in [-0.3, -0.25) is 0 Å². The van der Waals surface area contributed by atoms with Crippen molar-refractivity contribution in [1.82, 2.24) is 15.3 Å². The van der Waals surface area contributed by atoms with Gasteiger partial charge in [0.1, 0.15) is 0 Å². The third-order valence-corrected chi connectivity index (χ3v) is 3.78. The molecule has 120 valence electrons. The summed E-state index contributed by atoms with van der Waals surface area (Å²) in [4.78, 5) is 9.44. The van der Waals surface area contributed by atoms with E-state index in [4.69, 9.17) is 4.74 Å². The smallest absolute Gasteiger partial charge is 0.382 e. The average Bonchev–Trinajstić information content (AvgIpc) is 2.90. The Morgan fingerprint density at radius 3 is 2.95 bits per heavy atom. The maximum atomic E-state index is 12.8. The van der Waals surface area contributed by atoms with E-state index in [1.54, 1.807) is 7.11 Å². The fourth-order valence-corrected chi connectivity index (χ4v) is 2.69. The van der Waals surface area contributed by atoms with Gasteiger partial charge in [-0.2, -0.15) is 13.2 Å². The Kier molecular flexibility index (Phi) is 3.96. The number of piperazine rings is 1. The summed E-state index contributed by atoms with van der Waals surface area (Å²) in [5, 5.41) is 3.27. The van der Waals surface area contributed by atoms with Crippen LogP contribution in [0.4, 0.5) is 19.1 Å². The highest BCUT2D eigenvalue weighted by atomic mass is 19.4. The number of ether oxygens (including phenoxy) is 1. The van der Waals surface area contributed by atoms with Crippen molar-refractivity contribution in [2.24, 2.45) is 0 Å². The molecule has 1 aromatic heterocycles. The lowest BCUT2D eigenvalue weighted by Crippen LogP contribution is -2.53. The number of alkyl halides is 3. The van der Waals surface area contributed by atoms with Crippen LogP contribution >= 0.6 is 0 Å². The number of hydrogen-bond donors (Lipinski definition) is 2. The number of benzene rings is 1. The molecule has 1 aliphatic rings. The lowest BCUT2D eigenvalue weighted by molar-refractivity contribution is -0.137. The molecule has 2 aromatic rings. The molecule has 22 heavy (non-hydrogen) atoms. The van der Waals surface area contributed by atoms with Crippen LogP contribution in [0.5, 0.6) is 0 Å². The number of fused-ring (bicyclic) bond motifs is 1. The number of aromatic amines is 1. The van der Waals surface area contributed by atoms with E-state index in [-0.39, 0.29) is 6.04 Å². The minimum absolute atomic E-state index is 0.0985. The Hall–Kier alpha value is -1.80. The predicted octanol–water partition coefficient (Wildman–Crippen LogP) is 2.01. The van der Waals surface area contributed by atoms with Gasteiger partial charge < -0.3 is 19.9 Å². The minimum Gasteiger partial charge on any atom is -0.382 e. The molecule has 1 unspecified atom stereocenters. The summed E-state index contributed by atoms with van der Waals surface area (Å²) in [7, 11) is 1.63. The average molecular weight is 314 g/mol. The number of methoxy groups -OCH3 is 1.